The minimum Gasteiger partial charge on any atom is -0.361 e. The standard InChI is InChI=1S/C16H18N4O/c1-11-9-15(20(2)19-11)18-16(21)8-7-12-10-17-14-6-4-3-5-13(12)14/h3-6,9-10,17H,7-8H2,1-2H3,(H,18,21). The number of rotatable bonds is 4. The molecule has 0 aliphatic carbocycles. The van der Waals surface area contributed by atoms with Crippen molar-refractivity contribution in [3.05, 3.63) is 47.8 Å². The fraction of sp³-hybridized carbons (Fsp3) is 0.250. The fourth-order valence-electron chi connectivity index (χ4n) is 2.52. The maximum Gasteiger partial charge on any atom is 0.225 e. The number of H-pyrrole nitrogens is 1. The molecule has 2 aromatic heterocycles. The summed E-state index contributed by atoms with van der Waals surface area (Å²) in [6, 6.07) is 9.99. The molecule has 3 rings (SSSR count). The van der Waals surface area contributed by atoms with Crippen LogP contribution in [-0.4, -0.2) is 20.7 Å². The molecule has 0 bridgehead atoms. The molecule has 5 heteroatoms. The first kappa shape index (κ1) is 13.4. The zero-order valence-electron chi connectivity index (χ0n) is 12.2. The van der Waals surface area contributed by atoms with Crippen molar-refractivity contribution in [1.29, 1.82) is 0 Å². The molecule has 0 radical (unpaired) electrons. The molecule has 3 aromatic rings. The first-order valence-electron chi connectivity index (χ1n) is 6.99. The number of nitrogens with one attached hydrogen (secondary N) is 2. The Labute approximate surface area is 123 Å². The van der Waals surface area contributed by atoms with E-state index in [0.29, 0.717) is 12.8 Å². The van der Waals surface area contributed by atoms with E-state index >= 15 is 0 Å². The molecule has 0 saturated heterocycles. The van der Waals surface area contributed by atoms with Gasteiger partial charge in [0.15, 0.2) is 0 Å². The van der Waals surface area contributed by atoms with Crippen molar-refractivity contribution in [2.45, 2.75) is 19.8 Å². The lowest BCUT2D eigenvalue weighted by molar-refractivity contribution is -0.116. The van der Waals surface area contributed by atoms with Crippen LogP contribution >= 0.6 is 0 Å². The van der Waals surface area contributed by atoms with Gasteiger partial charge in [-0.3, -0.25) is 9.48 Å². The monoisotopic (exact) mass is 282 g/mol. The van der Waals surface area contributed by atoms with Crippen molar-refractivity contribution < 1.29 is 4.79 Å². The van der Waals surface area contributed by atoms with Crippen molar-refractivity contribution >= 4 is 22.6 Å². The van der Waals surface area contributed by atoms with Crippen LogP contribution in [0, 0.1) is 6.92 Å². The van der Waals surface area contributed by atoms with Crippen LogP contribution in [0.1, 0.15) is 17.7 Å². The number of carbonyl (C=O) groups excluding carboxylic acids is 1. The van der Waals surface area contributed by atoms with Crippen molar-refractivity contribution in [2.75, 3.05) is 5.32 Å². The molecule has 1 aromatic carbocycles. The third-order valence-corrected chi connectivity index (χ3v) is 3.57. The normalized spacial score (nSPS) is 11.0. The number of aromatic nitrogens is 3. The SMILES string of the molecule is Cc1cc(NC(=O)CCc2c[nH]c3ccccc23)n(C)n1. The molecule has 0 aliphatic heterocycles. The number of nitrogens with zero attached hydrogens (tertiary/aromatic N) is 2. The number of hydrogen-bond acceptors (Lipinski definition) is 2. The topological polar surface area (TPSA) is 62.7 Å². The quantitative estimate of drug-likeness (QED) is 0.773. The summed E-state index contributed by atoms with van der Waals surface area (Å²) in [5, 5.41) is 8.29. The van der Waals surface area contributed by atoms with Gasteiger partial charge < -0.3 is 10.3 Å². The molecule has 5 nitrogen and oxygen atoms in total. The highest BCUT2D eigenvalue weighted by molar-refractivity contribution is 5.90. The van der Waals surface area contributed by atoms with Gasteiger partial charge in [-0.1, -0.05) is 18.2 Å². The number of amides is 1. The molecule has 2 N–H and O–H groups in total. The Morgan fingerprint density at radius 2 is 2.19 bits per heavy atom. The summed E-state index contributed by atoms with van der Waals surface area (Å²) in [4.78, 5) is 15.3. The van der Waals surface area contributed by atoms with Gasteiger partial charge in [-0.05, 0) is 25.0 Å². The fourth-order valence-corrected chi connectivity index (χ4v) is 2.52. The average Bonchev–Trinajstić information content (AvgIpc) is 3.00. The second kappa shape index (κ2) is 5.44. The Morgan fingerprint density at radius 3 is 2.95 bits per heavy atom. The first-order chi connectivity index (χ1) is 10.1. The number of aromatic amines is 1. The van der Waals surface area contributed by atoms with Gasteiger partial charge in [-0.2, -0.15) is 5.10 Å². The lowest BCUT2D eigenvalue weighted by Gasteiger charge is -2.04. The summed E-state index contributed by atoms with van der Waals surface area (Å²) in [6.45, 7) is 1.90. The van der Waals surface area contributed by atoms with Crippen LogP contribution in [-0.2, 0) is 18.3 Å². The van der Waals surface area contributed by atoms with Gasteiger partial charge in [0.25, 0.3) is 0 Å². The van der Waals surface area contributed by atoms with Crippen LogP contribution < -0.4 is 5.32 Å². The zero-order valence-corrected chi connectivity index (χ0v) is 12.2. The van der Waals surface area contributed by atoms with Gasteiger partial charge in [-0.25, -0.2) is 0 Å². The van der Waals surface area contributed by atoms with Crippen molar-refractivity contribution in [3.63, 3.8) is 0 Å². The molecular weight excluding hydrogens is 264 g/mol. The molecular formula is C16H18N4O. The molecule has 21 heavy (non-hydrogen) atoms. The molecule has 0 fully saturated rings. The number of aryl methyl sites for hydroxylation is 3. The van der Waals surface area contributed by atoms with E-state index in [1.54, 1.807) is 4.68 Å². The predicted molar refractivity (Wildman–Crippen MR) is 83.2 cm³/mol. The van der Waals surface area contributed by atoms with E-state index in [1.807, 2.05) is 44.4 Å². The zero-order chi connectivity index (χ0) is 14.8. The number of benzene rings is 1. The van der Waals surface area contributed by atoms with Crippen LogP contribution in [0.5, 0.6) is 0 Å². The minimum absolute atomic E-state index is 0.00304. The summed E-state index contributed by atoms with van der Waals surface area (Å²) in [6.07, 6.45) is 3.14. The Balaban J connectivity index is 1.65. The smallest absolute Gasteiger partial charge is 0.225 e. The highest BCUT2D eigenvalue weighted by Crippen LogP contribution is 2.19. The van der Waals surface area contributed by atoms with Gasteiger partial charge in [0.1, 0.15) is 5.82 Å². The molecule has 2 heterocycles. The molecule has 0 atom stereocenters. The average molecular weight is 282 g/mol. The molecule has 0 aliphatic rings. The number of anilines is 1. The second-order valence-corrected chi connectivity index (χ2v) is 5.20. The van der Waals surface area contributed by atoms with E-state index in [2.05, 4.69) is 21.5 Å². The van der Waals surface area contributed by atoms with Gasteiger partial charge in [0.05, 0.1) is 5.69 Å². The van der Waals surface area contributed by atoms with E-state index in [-0.39, 0.29) is 5.91 Å². The number of para-hydroxylation sites is 1. The molecule has 0 unspecified atom stereocenters. The summed E-state index contributed by atoms with van der Waals surface area (Å²) < 4.78 is 1.68. The van der Waals surface area contributed by atoms with Gasteiger partial charge >= 0.3 is 0 Å². The van der Waals surface area contributed by atoms with Gasteiger partial charge in [0.2, 0.25) is 5.91 Å². The summed E-state index contributed by atoms with van der Waals surface area (Å²) >= 11 is 0. The Kier molecular flexibility index (Phi) is 3.48. The second-order valence-electron chi connectivity index (χ2n) is 5.20. The predicted octanol–water partition coefficient (Wildman–Crippen LogP) is 2.78. The van der Waals surface area contributed by atoms with Crippen LogP contribution in [0.25, 0.3) is 10.9 Å². The summed E-state index contributed by atoms with van der Waals surface area (Å²) in [5.41, 5.74) is 3.17. The Hall–Kier alpha value is -2.56. The highest BCUT2D eigenvalue weighted by atomic mass is 16.1. The van der Waals surface area contributed by atoms with Gasteiger partial charge in [-0.15, -0.1) is 0 Å². The van der Waals surface area contributed by atoms with E-state index in [9.17, 15) is 4.79 Å². The van der Waals surface area contributed by atoms with Crippen LogP contribution in [0.4, 0.5) is 5.82 Å². The Bertz CT molecular complexity index is 785. The van der Waals surface area contributed by atoms with Crippen LogP contribution in [0.2, 0.25) is 0 Å². The maximum absolute atomic E-state index is 12.0. The number of fused-ring (bicyclic) bond motifs is 1. The number of carbonyl (C=O) groups is 1. The molecule has 0 spiro atoms. The minimum atomic E-state index is 0.00304. The van der Waals surface area contributed by atoms with Crippen LogP contribution in [0.3, 0.4) is 0 Å². The van der Waals surface area contributed by atoms with E-state index < -0.39 is 0 Å². The van der Waals surface area contributed by atoms with Crippen molar-refractivity contribution in [1.82, 2.24) is 14.8 Å². The summed E-state index contributed by atoms with van der Waals surface area (Å²) in [5.74, 6) is 0.736. The lowest BCUT2D eigenvalue weighted by atomic mass is 10.1. The largest absolute Gasteiger partial charge is 0.361 e. The molecule has 1 amide bonds. The van der Waals surface area contributed by atoms with Crippen molar-refractivity contribution in [3.8, 4) is 0 Å². The van der Waals surface area contributed by atoms with Gasteiger partial charge in [0, 0.05) is 36.6 Å². The van der Waals surface area contributed by atoms with E-state index in [4.69, 9.17) is 0 Å². The van der Waals surface area contributed by atoms with E-state index in [1.165, 1.54) is 10.9 Å². The van der Waals surface area contributed by atoms with Crippen LogP contribution in [0.15, 0.2) is 36.5 Å². The van der Waals surface area contributed by atoms with Crippen molar-refractivity contribution in [2.24, 2.45) is 7.05 Å². The summed E-state index contributed by atoms with van der Waals surface area (Å²) in [7, 11) is 1.82. The number of hydrogen-bond donors (Lipinski definition) is 2. The third-order valence-electron chi connectivity index (χ3n) is 3.57. The molecule has 108 valence electrons. The Morgan fingerprint density at radius 1 is 1.38 bits per heavy atom. The lowest BCUT2D eigenvalue weighted by Crippen LogP contribution is -2.14. The third kappa shape index (κ3) is 2.81. The highest BCUT2D eigenvalue weighted by Gasteiger charge is 2.09. The molecule has 0 saturated carbocycles. The van der Waals surface area contributed by atoms with E-state index in [0.717, 1.165) is 17.0 Å². The first-order valence-corrected chi connectivity index (χ1v) is 6.99. The maximum atomic E-state index is 12.0.